The number of sulfonamides is 1. The maximum Gasteiger partial charge on any atom is 0.255 e. The first kappa shape index (κ1) is 22.1. The Morgan fingerprint density at radius 2 is 1.87 bits per heavy atom. The summed E-state index contributed by atoms with van der Waals surface area (Å²) in [5.41, 5.74) is 0.810. The quantitative estimate of drug-likeness (QED) is 0.607. The van der Waals surface area contributed by atoms with Crippen molar-refractivity contribution in [3.05, 3.63) is 48.0 Å². The number of nitrogens with zero attached hydrogens (tertiary/aromatic N) is 1. The number of unbranched alkanes of at least 4 members (excludes halogenated alkanes) is 1. The molecule has 0 aromatic heterocycles. The normalized spacial score (nSPS) is 14.5. The van der Waals surface area contributed by atoms with Gasteiger partial charge < -0.3 is 14.8 Å². The van der Waals surface area contributed by atoms with Crippen LogP contribution in [0.3, 0.4) is 0 Å². The van der Waals surface area contributed by atoms with Crippen molar-refractivity contribution in [3.63, 3.8) is 0 Å². The van der Waals surface area contributed by atoms with Crippen LogP contribution in [0, 0.1) is 0 Å². The summed E-state index contributed by atoms with van der Waals surface area (Å²) < 4.78 is 38.0. The van der Waals surface area contributed by atoms with Crippen LogP contribution in [0.2, 0.25) is 0 Å². The molecule has 1 saturated heterocycles. The van der Waals surface area contributed by atoms with E-state index < -0.39 is 10.0 Å². The van der Waals surface area contributed by atoms with E-state index in [0.29, 0.717) is 42.4 Å². The van der Waals surface area contributed by atoms with Gasteiger partial charge in [0, 0.05) is 24.3 Å². The average molecular weight is 433 g/mol. The van der Waals surface area contributed by atoms with E-state index in [-0.39, 0.29) is 10.8 Å². The van der Waals surface area contributed by atoms with Crippen LogP contribution in [0.4, 0.5) is 5.69 Å². The lowest BCUT2D eigenvalue weighted by molar-refractivity contribution is 0.102. The summed E-state index contributed by atoms with van der Waals surface area (Å²) in [6, 6.07) is 11.3. The van der Waals surface area contributed by atoms with Crippen molar-refractivity contribution in [2.24, 2.45) is 0 Å². The van der Waals surface area contributed by atoms with Gasteiger partial charge in [-0.3, -0.25) is 4.79 Å². The molecule has 0 radical (unpaired) electrons. The SMILES string of the molecule is CCCCOc1ccc(C(=O)Nc2cccc(S(=O)(=O)N3CCCC3)c2)cc1OC. The molecule has 30 heavy (non-hydrogen) atoms. The minimum atomic E-state index is -3.54. The van der Waals surface area contributed by atoms with E-state index >= 15 is 0 Å². The Morgan fingerprint density at radius 3 is 2.57 bits per heavy atom. The highest BCUT2D eigenvalue weighted by Crippen LogP contribution is 2.29. The summed E-state index contributed by atoms with van der Waals surface area (Å²) in [7, 11) is -2.02. The standard InChI is InChI=1S/C22H28N2O5S/c1-3-4-14-29-20-11-10-17(15-21(20)28-2)22(25)23-18-8-7-9-19(16-18)30(26,27)24-12-5-6-13-24/h7-11,15-16H,3-6,12-14H2,1-2H3,(H,23,25). The van der Waals surface area contributed by atoms with E-state index in [9.17, 15) is 13.2 Å². The van der Waals surface area contributed by atoms with Crippen molar-refractivity contribution < 1.29 is 22.7 Å². The first-order valence-electron chi connectivity index (χ1n) is 10.2. The third kappa shape index (κ3) is 5.12. The van der Waals surface area contributed by atoms with Gasteiger partial charge in [-0.25, -0.2) is 8.42 Å². The van der Waals surface area contributed by atoms with Crippen molar-refractivity contribution in [2.45, 2.75) is 37.5 Å². The molecule has 0 spiro atoms. The number of carbonyl (C=O) groups is 1. The van der Waals surface area contributed by atoms with Crippen molar-refractivity contribution in [2.75, 3.05) is 32.1 Å². The zero-order valence-electron chi connectivity index (χ0n) is 17.4. The molecule has 1 N–H and O–H groups in total. The molecule has 1 heterocycles. The second kappa shape index (κ2) is 9.95. The van der Waals surface area contributed by atoms with E-state index in [0.717, 1.165) is 25.7 Å². The van der Waals surface area contributed by atoms with Crippen molar-refractivity contribution in [1.82, 2.24) is 4.31 Å². The third-order valence-electron chi connectivity index (χ3n) is 4.98. The van der Waals surface area contributed by atoms with Crippen LogP contribution in [0.5, 0.6) is 11.5 Å². The molecule has 8 heteroatoms. The molecular formula is C22H28N2O5S. The lowest BCUT2D eigenvalue weighted by Crippen LogP contribution is -2.27. The zero-order valence-corrected chi connectivity index (χ0v) is 18.2. The summed E-state index contributed by atoms with van der Waals surface area (Å²) in [5, 5.41) is 2.77. The van der Waals surface area contributed by atoms with Gasteiger partial charge in [0.15, 0.2) is 11.5 Å². The average Bonchev–Trinajstić information content (AvgIpc) is 3.30. The maximum atomic E-state index is 12.8. The Balaban J connectivity index is 1.74. The predicted octanol–water partition coefficient (Wildman–Crippen LogP) is 3.91. The molecule has 0 aliphatic carbocycles. The fourth-order valence-corrected chi connectivity index (χ4v) is 4.83. The fourth-order valence-electron chi connectivity index (χ4n) is 3.27. The topological polar surface area (TPSA) is 84.9 Å². The Kier molecular flexibility index (Phi) is 7.33. The van der Waals surface area contributed by atoms with Gasteiger partial charge >= 0.3 is 0 Å². The number of ether oxygens (including phenoxy) is 2. The highest BCUT2D eigenvalue weighted by molar-refractivity contribution is 7.89. The molecule has 7 nitrogen and oxygen atoms in total. The molecule has 2 aromatic rings. The van der Waals surface area contributed by atoms with Crippen LogP contribution in [-0.4, -0.2) is 45.4 Å². The highest BCUT2D eigenvalue weighted by Gasteiger charge is 2.27. The minimum Gasteiger partial charge on any atom is -0.493 e. The van der Waals surface area contributed by atoms with Crippen molar-refractivity contribution in [3.8, 4) is 11.5 Å². The molecule has 0 unspecified atom stereocenters. The molecule has 0 bridgehead atoms. The molecule has 1 aliphatic heterocycles. The van der Waals surface area contributed by atoms with Gasteiger partial charge in [-0.05, 0) is 55.7 Å². The molecular weight excluding hydrogens is 404 g/mol. The van der Waals surface area contributed by atoms with Gasteiger partial charge in [0.1, 0.15) is 0 Å². The molecule has 1 aliphatic rings. The smallest absolute Gasteiger partial charge is 0.255 e. The second-order valence-corrected chi connectivity index (χ2v) is 9.10. The van der Waals surface area contributed by atoms with Crippen LogP contribution < -0.4 is 14.8 Å². The van der Waals surface area contributed by atoms with Gasteiger partial charge in [0.2, 0.25) is 10.0 Å². The summed E-state index contributed by atoms with van der Waals surface area (Å²) in [5.74, 6) is 0.703. The van der Waals surface area contributed by atoms with E-state index in [1.54, 1.807) is 36.4 Å². The Labute approximate surface area is 178 Å². The van der Waals surface area contributed by atoms with Crippen LogP contribution in [0.1, 0.15) is 43.0 Å². The molecule has 0 atom stereocenters. The number of carbonyl (C=O) groups excluding carboxylic acids is 1. The number of methoxy groups -OCH3 is 1. The Hall–Kier alpha value is -2.58. The van der Waals surface area contributed by atoms with E-state index in [1.165, 1.54) is 17.5 Å². The lowest BCUT2D eigenvalue weighted by Gasteiger charge is -2.16. The number of hydrogen-bond acceptors (Lipinski definition) is 5. The van der Waals surface area contributed by atoms with Crippen LogP contribution >= 0.6 is 0 Å². The van der Waals surface area contributed by atoms with Gasteiger partial charge in [-0.1, -0.05) is 19.4 Å². The molecule has 3 rings (SSSR count). The number of amides is 1. The number of nitrogens with one attached hydrogen (secondary N) is 1. The maximum absolute atomic E-state index is 12.8. The minimum absolute atomic E-state index is 0.180. The van der Waals surface area contributed by atoms with Gasteiger partial charge in [-0.2, -0.15) is 4.31 Å². The Morgan fingerprint density at radius 1 is 1.10 bits per heavy atom. The van der Waals surface area contributed by atoms with E-state index in [2.05, 4.69) is 12.2 Å². The second-order valence-electron chi connectivity index (χ2n) is 7.16. The van der Waals surface area contributed by atoms with Crippen molar-refractivity contribution in [1.29, 1.82) is 0 Å². The zero-order chi connectivity index (χ0) is 21.6. The number of anilines is 1. The fraction of sp³-hybridized carbons (Fsp3) is 0.409. The summed E-state index contributed by atoms with van der Waals surface area (Å²) in [6.07, 6.45) is 3.70. The summed E-state index contributed by atoms with van der Waals surface area (Å²) >= 11 is 0. The number of hydrogen-bond donors (Lipinski definition) is 1. The van der Waals surface area contributed by atoms with Gasteiger partial charge in [0.05, 0.1) is 18.6 Å². The first-order chi connectivity index (χ1) is 14.5. The molecule has 2 aromatic carbocycles. The van der Waals surface area contributed by atoms with Crippen LogP contribution in [0.25, 0.3) is 0 Å². The van der Waals surface area contributed by atoms with Crippen LogP contribution in [-0.2, 0) is 10.0 Å². The highest BCUT2D eigenvalue weighted by atomic mass is 32.2. The predicted molar refractivity (Wildman–Crippen MR) is 116 cm³/mol. The third-order valence-corrected chi connectivity index (χ3v) is 6.87. The summed E-state index contributed by atoms with van der Waals surface area (Å²) in [4.78, 5) is 12.9. The molecule has 162 valence electrons. The number of rotatable bonds is 9. The summed E-state index contributed by atoms with van der Waals surface area (Å²) in [6.45, 7) is 3.73. The largest absolute Gasteiger partial charge is 0.493 e. The Bertz CT molecular complexity index is 985. The van der Waals surface area contributed by atoms with Crippen molar-refractivity contribution >= 4 is 21.6 Å². The van der Waals surface area contributed by atoms with Gasteiger partial charge in [0.25, 0.3) is 5.91 Å². The number of benzene rings is 2. The molecule has 1 fully saturated rings. The monoisotopic (exact) mass is 432 g/mol. The van der Waals surface area contributed by atoms with Gasteiger partial charge in [-0.15, -0.1) is 0 Å². The molecule has 1 amide bonds. The molecule has 0 saturated carbocycles. The lowest BCUT2D eigenvalue weighted by atomic mass is 10.2. The first-order valence-corrected chi connectivity index (χ1v) is 11.6. The van der Waals surface area contributed by atoms with E-state index in [4.69, 9.17) is 9.47 Å². The van der Waals surface area contributed by atoms with Crippen LogP contribution in [0.15, 0.2) is 47.4 Å². The van der Waals surface area contributed by atoms with E-state index in [1.807, 2.05) is 0 Å².